The van der Waals surface area contributed by atoms with E-state index in [0.29, 0.717) is 29.7 Å². The number of anilines is 1. The number of rotatable bonds is 5. The maximum absolute atomic E-state index is 12.3. The number of fused-ring (bicyclic) bond motifs is 1. The van der Waals surface area contributed by atoms with Gasteiger partial charge in [0.25, 0.3) is 0 Å². The van der Waals surface area contributed by atoms with Crippen LogP contribution < -0.4 is 5.32 Å². The summed E-state index contributed by atoms with van der Waals surface area (Å²) in [6.45, 7) is 6.06. The molecule has 28 heavy (non-hydrogen) atoms. The molecule has 2 heterocycles. The monoisotopic (exact) mass is 389 g/mol. The second kappa shape index (κ2) is 8.28. The molecular formula is C20H27N3O5. The molecule has 0 radical (unpaired) electrons. The van der Waals surface area contributed by atoms with Gasteiger partial charge < -0.3 is 19.0 Å². The van der Waals surface area contributed by atoms with Gasteiger partial charge in [-0.05, 0) is 52.2 Å². The van der Waals surface area contributed by atoms with Crippen molar-refractivity contribution in [3.63, 3.8) is 0 Å². The SMILES string of the molecule is COC(C=O)c1c(NC(=O)OC(C)(C)C)ccc2nn(C3CCCCO3)cc12. The Morgan fingerprint density at radius 3 is 2.79 bits per heavy atom. The summed E-state index contributed by atoms with van der Waals surface area (Å²) in [5, 5.41) is 8.06. The third-order valence-corrected chi connectivity index (χ3v) is 4.50. The number of benzene rings is 1. The average Bonchev–Trinajstić information content (AvgIpc) is 3.07. The van der Waals surface area contributed by atoms with Crippen molar-refractivity contribution in [1.82, 2.24) is 9.78 Å². The van der Waals surface area contributed by atoms with Crippen LogP contribution in [-0.2, 0) is 19.0 Å². The van der Waals surface area contributed by atoms with Crippen LogP contribution in [0.15, 0.2) is 18.3 Å². The molecule has 1 amide bonds. The molecule has 0 bridgehead atoms. The number of hydrogen-bond donors (Lipinski definition) is 1. The number of methoxy groups -OCH3 is 1. The number of aromatic nitrogens is 2. The number of amides is 1. The minimum atomic E-state index is -0.849. The van der Waals surface area contributed by atoms with E-state index in [4.69, 9.17) is 14.2 Å². The van der Waals surface area contributed by atoms with Crippen molar-refractivity contribution in [2.75, 3.05) is 19.0 Å². The summed E-state index contributed by atoms with van der Waals surface area (Å²) in [7, 11) is 1.45. The second-order valence-corrected chi connectivity index (χ2v) is 7.81. The van der Waals surface area contributed by atoms with Crippen LogP contribution in [0.3, 0.4) is 0 Å². The third kappa shape index (κ3) is 4.51. The van der Waals surface area contributed by atoms with Gasteiger partial charge in [0.1, 0.15) is 17.9 Å². The quantitative estimate of drug-likeness (QED) is 0.778. The molecular weight excluding hydrogens is 362 g/mol. The fourth-order valence-electron chi connectivity index (χ4n) is 3.28. The first-order valence-electron chi connectivity index (χ1n) is 9.44. The molecule has 1 aliphatic heterocycles. The van der Waals surface area contributed by atoms with Crippen LogP contribution in [0.4, 0.5) is 10.5 Å². The molecule has 2 aromatic rings. The fraction of sp³-hybridized carbons (Fsp3) is 0.550. The Morgan fingerprint density at radius 1 is 1.39 bits per heavy atom. The third-order valence-electron chi connectivity index (χ3n) is 4.50. The van der Waals surface area contributed by atoms with E-state index in [1.54, 1.807) is 37.6 Å². The normalized spacial score (nSPS) is 18.6. The maximum atomic E-state index is 12.3. The summed E-state index contributed by atoms with van der Waals surface area (Å²) in [4.78, 5) is 23.9. The molecule has 3 rings (SSSR count). The van der Waals surface area contributed by atoms with Crippen molar-refractivity contribution in [2.45, 2.75) is 58.0 Å². The summed E-state index contributed by atoms with van der Waals surface area (Å²) in [6.07, 6.45) is 3.97. The second-order valence-electron chi connectivity index (χ2n) is 7.81. The summed E-state index contributed by atoms with van der Waals surface area (Å²) < 4.78 is 18.3. The van der Waals surface area contributed by atoms with E-state index in [2.05, 4.69) is 10.4 Å². The number of nitrogens with zero attached hydrogens (tertiary/aromatic N) is 2. The number of ether oxygens (including phenoxy) is 3. The van der Waals surface area contributed by atoms with Crippen LogP contribution >= 0.6 is 0 Å². The average molecular weight is 389 g/mol. The van der Waals surface area contributed by atoms with Gasteiger partial charge in [0.05, 0.1) is 11.2 Å². The zero-order chi connectivity index (χ0) is 20.3. The van der Waals surface area contributed by atoms with E-state index in [9.17, 15) is 9.59 Å². The van der Waals surface area contributed by atoms with Gasteiger partial charge in [0.2, 0.25) is 0 Å². The van der Waals surface area contributed by atoms with Gasteiger partial charge in [-0.2, -0.15) is 5.10 Å². The number of carbonyl (C=O) groups is 2. The highest BCUT2D eigenvalue weighted by molar-refractivity contribution is 5.95. The first kappa shape index (κ1) is 20.3. The standard InChI is InChI=1S/C20H27N3O5/c1-20(2,3)28-19(25)21-15-9-8-14-13(18(15)16(12-24)26-4)11-23(22-14)17-7-5-6-10-27-17/h8-9,11-12,16-17H,5-7,10H2,1-4H3,(H,21,25). The molecule has 0 saturated carbocycles. The summed E-state index contributed by atoms with van der Waals surface area (Å²) in [5.74, 6) is 0. The molecule has 1 fully saturated rings. The van der Waals surface area contributed by atoms with Crippen molar-refractivity contribution in [3.05, 3.63) is 23.9 Å². The highest BCUT2D eigenvalue weighted by atomic mass is 16.6. The van der Waals surface area contributed by atoms with Crippen LogP contribution in [0.25, 0.3) is 10.9 Å². The molecule has 152 valence electrons. The fourth-order valence-corrected chi connectivity index (χ4v) is 3.28. The van der Waals surface area contributed by atoms with Crippen LogP contribution in [0, 0.1) is 0 Å². The number of aldehydes is 1. The molecule has 0 spiro atoms. The highest BCUT2D eigenvalue weighted by Crippen LogP contribution is 2.34. The lowest BCUT2D eigenvalue weighted by Gasteiger charge is -2.22. The molecule has 1 aromatic carbocycles. The Kier molecular flexibility index (Phi) is 6.00. The smallest absolute Gasteiger partial charge is 0.412 e. The van der Waals surface area contributed by atoms with Crippen molar-refractivity contribution >= 4 is 29.0 Å². The first-order chi connectivity index (χ1) is 13.3. The zero-order valence-corrected chi connectivity index (χ0v) is 16.7. The zero-order valence-electron chi connectivity index (χ0n) is 16.7. The summed E-state index contributed by atoms with van der Waals surface area (Å²) in [6, 6.07) is 3.50. The van der Waals surface area contributed by atoms with Gasteiger partial charge in [-0.15, -0.1) is 0 Å². The van der Waals surface area contributed by atoms with Crippen LogP contribution in [-0.4, -0.2) is 41.5 Å². The van der Waals surface area contributed by atoms with E-state index in [1.807, 2.05) is 6.20 Å². The Bertz CT molecular complexity index is 849. The van der Waals surface area contributed by atoms with Gasteiger partial charge in [0.15, 0.2) is 6.29 Å². The van der Waals surface area contributed by atoms with Crippen LogP contribution in [0.1, 0.15) is 57.9 Å². The Labute approximate surface area is 164 Å². The van der Waals surface area contributed by atoms with Gasteiger partial charge in [-0.25, -0.2) is 9.48 Å². The van der Waals surface area contributed by atoms with E-state index in [1.165, 1.54) is 7.11 Å². The Morgan fingerprint density at radius 2 is 2.18 bits per heavy atom. The molecule has 2 unspecified atom stereocenters. The van der Waals surface area contributed by atoms with E-state index in [-0.39, 0.29) is 6.23 Å². The Balaban J connectivity index is 2.01. The predicted octanol–water partition coefficient (Wildman–Crippen LogP) is 3.97. The molecule has 8 heteroatoms. The molecule has 1 aromatic heterocycles. The van der Waals surface area contributed by atoms with Crippen LogP contribution in [0.5, 0.6) is 0 Å². The maximum Gasteiger partial charge on any atom is 0.412 e. The molecule has 1 N–H and O–H groups in total. The van der Waals surface area contributed by atoms with E-state index in [0.717, 1.165) is 24.6 Å². The number of nitrogens with one attached hydrogen (secondary N) is 1. The highest BCUT2D eigenvalue weighted by Gasteiger charge is 2.24. The van der Waals surface area contributed by atoms with Crippen LogP contribution in [0.2, 0.25) is 0 Å². The van der Waals surface area contributed by atoms with Crippen molar-refractivity contribution in [2.24, 2.45) is 0 Å². The molecule has 1 saturated heterocycles. The minimum absolute atomic E-state index is 0.131. The lowest BCUT2D eigenvalue weighted by molar-refractivity contribution is -0.116. The largest absolute Gasteiger partial charge is 0.444 e. The molecule has 8 nitrogen and oxygen atoms in total. The first-order valence-corrected chi connectivity index (χ1v) is 9.44. The molecule has 2 atom stereocenters. The topological polar surface area (TPSA) is 91.7 Å². The lowest BCUT2D eigenvalue weighted by atomic mass is 10.0. The summed E-state index contributed by atoms with van der Waals surface area (Å²) >= 11 is 0. The molecule has 1 aliphatic rings. The van der Waals surface area contributed by atoms with Gasteiger partial charge in [-0.1, -0.05) is 0 Å². The minimum Gasteiger partial charge on any atom is -0.444 e. The Hall–Kier alpha value is -2.45. The summed E-state index contributed by atoms with van der Waals surface area (Å²) in [5.41, 5.74) is 1.05. The van der Waals surface area contributed by atoms with Crippen molar-refractivity contribution < 1.29 is 23.8 Å². The van der Waals surface area contributed by atoms with Crippen molar-refractivity contribution in [3.8, 4) is 0 Å². The lowest BCUT2D eigenvalue weighted by Crippen LogP contribution is -2.27. The van der Waals surface area contributed by atoms with Gasteiger partial charge in [0, 0.05) is 30.9 Å². The van der Waals surface area contributed by atoms with Gasteiger partial charge in [-0.3, -0.25) is 5.32 Å². The van der Waals surface area contributed by atoms with Crippen molar-refractivity contribution in [1.29, 1.82) is 0 Å². The van der Waals surface area contributed by atoms with Gasteiger partial charge >= 0.3 is 6.09 Å². The molecule has 0 aliphatic carbocycles. The number of carbonyl (C=O) groups excluding carboxylic acids is 2. The van der Waals surface area contributed by atoms with E-state index < -0.39 is 17.8 Å². The number of hydrogen-bond acceptors (Lipinski definition) is 6. The predicted molar refractivity (Wildman–Crippen MR) is 104 cm³/mol. The van der Waals surface area contributed by atoms with E-state index >= 15 is 0 Å².